The van der Waals surface area contributed by atoms with Gasteiger partial charge in [0.1, 0.15) is 11.7 Å². The molecule has 6 heteroatoms. The van der Waals surface area contributed by atoms with Gasteiger partial charge in [-0.15, -0.1) is 5.73 Å². The van der Waals surface area contributed by atoms with Gasteiger partial charge in [-0.25, -0.2) is 0 Å². The van der Waals surface area contributed by atoms with Crippen LogP contribution in [0.3, 0.4) is 0 Å². The summed E-state index contributed by atoms with van der Waals surface area (Å²) in [6.07, 6.45) is 23.6. The van der Waals surface area contributed by atoms with E-state index in [9.17, 15) is 19.8 Å². The quantitative estimate of drug-likeness (QED) is 0.0758. The van der Waals surface area contributed by atoms with Crippen molar-refractivity contribution < 1.29 is 29.3 Å². The molecule has 262 valence electrons. The molecule has 0 aromatic rings. The molecule has 0 aromatic heterocycles. The van der Waals surface area contributed by atoms with Crippen molar-refractivity contribution in [1.82, 2.24) is 0 Å². The Kier molecular flexibility index (Phi) is 12.3. The van der Waals surface area contributed by atoms with Crippen LogP contribution in [-0.4, -0.2) is 51.0 Å². The van der Waals surface area contributed by atoms with Crippen molar-refractivity contribution in [3.8, 4) is 0 Å². The number of carbonyl (C=O) groups is 2. The number of carbonyl (C=O) groups excluding carboxylic acids is 2. The van der Waals surface area contributed by atoms with Crippen molar-refractivity contribution >= 4 is 11.8 Å². The van der Waals surface area contributed by atoms with Gasteiger partial charge in [-0.1, -0.05) is 99.6 Å². The Balaban J connectivity index is 1.54. The van der Waals surface area contributed by atoms with Crippen LogP contribution in [0.25, 0.3) is 0 Å². The third-order valence-corrected chi connectivity index (χ3v) is 10.1. The highest BCUT2D eigenvalue weighted by Crippen LogP contribution is 2.67. The first-order valence-corrected chi connectivity index (χ1v) is 17.1. The summed E-state index contributed by atoms with van der Waals surface area (Å²) >= 11 is 0. The fourth-order valence-electron chi connectivity index (χ4n) is 7.76. The smallest absolute Gasteiger partial charge is 0.302 e. The van der Waals surface area contributed by atoms with Crippen LogP contribution in [0.2, 0.25) is 0 Å². The van der Waals surface area contributed by atoms with Crippen LogP contribution >= 0.6 is 0 Å². The second-order valence-electron chi connectivity index (χ2n) is 15.9. The first-order chi connectivity index (χ1) is 22.1. The molecule has 0 radical (unpaired) electrons. The van der Waals surface area contributed by atoms with Gasteiger partial charge in [0.05, 0.1) is 17.3 Å². The summed E-state index contributed by atoms with van der Waals surface area (Å²) < 4.78 is 11.6. The minimum atomic E-state index is -1.11. The van der Waals surface area contributed by atoms with Crippen LogP contribution in [0.1, 0.15) is 108 Å². The van der Waals surface area contributed by atoms with Crippen LogP contribution < -0.4 is 0 Å². The van der Waals surface area contributed by atoms with E-state index < -0.39 is 16.8 Å². The fourth-order valence-corrected chi connectivity index (χ4v) is 7.76. The molecule has 3 aliphatic rings. The Morgan fingerprint density at radius 3 is 1.92 bits per heavy atom. The molecule has 3 rings (SSSR count). The molecular weight excluding hydrogens is 600 g/mol. The highest BCUT2D eigenvalue weighted by Gasteiger charge is 2.76. The van der Waals surface area contributed by atoms with E-state index in [1.165, 1.54) is 6.92 Å². The van der Waals surface area contributed by atoms with Crippen molar-refractivity contribution in [1.29, 1.82) is 0 Å². The lowest BCUT2D eigenvalue weighted by Gasteiger charge is -2.44. The average Bonchev–Trinajstić information content (AvgIpc) is 3.53. The number of hydrogen-bond acceptors (Lipinski definition) is 6. The second-order valence-corrected chi connectivity index (χ2v) is 15.9. The number of rotatable bonds is 11. The predicted molar refractivity (Wildman–Crippen MR) is 194 cm³/mol. The maximum absolute atomic E-state index is 13.1. The molecule has 1 saturated heterocycles. The standard InChI is InChI=1S/C42H58O6/c1-29(18-14-19-31(3)22-23-37-38(6,7)26-35(47-33(5)43)27-40(37,10)46)16-12-13-17-30(2)20-15-21-32(4)36(45)28-42-39(8,9)24-34(44)25-41(42,11)48-42/h12-22,34-35,44,46H,24-28H2,1-11H3/b13-12+,18-14+,20-15+,29-16-,30-17+,31-19+,32-21+/t23?,34-,35-,40+,41+,42-/m0/s1. The zero-order valence-electron chi connectivity index (χ0n) is 31.1. The molecule has 0 amide bonds. The Hall–Kier alpha value is -3.28. The van der Waals surface area contributed by atoms with Gasteiger partial charge in [0.15, 0.2) is 5.78 Å². The summed E-state index contributed by atoms with van der Waals surface area (Å²) in [5.74, 6) is -0.244. The van der Waals surface area contributed by atoms with Gasteiger partial charge >= 0.3 is 5.97 Å². The minimum Gasteiger partial charge on any atom is -0.462 e. The first-order valence-electron chi connectivity index (χ1n) is 17.1. The van der Waals surface area contributed by atoms with Crippen molar-refractivity contribution in [2.24, 2.45) is 10.8 Å². The lowest BCUT2D eigenvalue weighted by Crippen LogP contribution is -2.48. The number of hydrogen-bond donors (Lipinski definition) is 2. The minimum absolute atomic E-state index is 0.0816. The van der Waals surface area contributed by atoms with Crippen molar-refractivity contribution in [3.63, 3.8) is 0 Å². The maximum Gasteiger partial charge on any atom is 0.302 e. The number of Topliss-reactive ketones (excluding diaryl/α,β-unsaturated/α-hetero) is 1. The number of fused-ring (bicyclic) bond motifs is 1. The van der Waals surface area contributed by atoms with Crippen LogP contribution in [-0.2, 0) is 19.1 Å². The number of allylic oxidation sites excluding steroid dienone is 14. The monoisotopic (exact) mass is 658 g/mol. The number of aliphatic hydroxyl groups is 2. The molecule has 0 bridgehead atoms. The Bertz CT molecular complexity index is 1510. The largest absolute Gasteiger partial charge is 0.462 e. The summed E-state index contributed by atoms with van der Waals surface area (Å²) in [5.41, 5.74) is 5.35. The van der Waals surface area contributed by atoms with E-state index in [0.29, 0.717) is 37.7 Å². The first kappa shape index (κ1) is 39.2. The summed E-state index contributed by atoms with van der Waals surface area (Å²) in [7, 11) is 0. The van der Waals surface area contributed by atoms with Gasteiger partial charge in [0.2, 0.25) is 0 Å². The molecule has 6 nitrogen and oxygen atoms in total. The molecule has 0 aromatic carbocycles. The maximum atomic E-state index is 13.1. The zero-order valence-corrected chi connectivity index (χ0v) is 31.1. The highest BCUT2D eigenvalue weighted by molar-refractivity contribution is 5.96. The summed E-state index contributed by atoms with van der Waals surface area (Å²) in [6, 6.07) is 0. The molecule has 5 atom stereocenters. The van der Waals surface area contributed by atoms with E-state index in [-0.39, 0.29) is 34.8 Å². The molecule has 1 aliphatic heterocycles. The topological polar surface area (TPSA) is 96.4 Å². The van der Waals surface area contributed by atoms with E-state index >= 15 is 0 Å². The van der Waals surface area contributed by atoms with Gasteiger partial charge in [0.25, 0.3) is 0 Å². The number of epoxide rings is 1. The lowest BCUT2D eigenvalue weighted by molar-refractivity contribution is -0.152. The second kappa shape index (κ2) is 15.1. The Labute approximate surface area is 289 Å². The van der Waals surface area contributed by atoms with Crippen molar-refractivity contribution in [2.75, 3.05) is 0 Å². The van der Waals surface area contributed by atoms with Gasteiger partial charge in [0, 0.05) is 31.8 Å². The van der Waals surface area contributed by atoms with Gasteiger partial charge < -0.3 is 19.7 Å². The molecule has 48 heavy (non-hydrogen) atoms. The van der Waals surface area contributed by atoms with Gasteiger partial charge in [-0.2, -0.15) is 0 Å². The number of aliphatic hydroxyl groups excluding tert-OH is 1. The van der Waals surface area contributed by atoms with Crippen LogP contribution in [0.5, 0.6) is 0 Å². The molecule has 0 unspecified atom stereocenters. The summed E-state index contributed by atoms with van der Waals surface area (Å²) in [5, 5.41) is 21.4. The van der Waals surface area contributed by atoms with E-state index in [2.05, 4.69) is 19.6 Å². The van der Waals surface area contributed by atoms with Crippen molar-refractivity contribution in [3.05, 3.63) is 100 Å². The zero-order chi connectivity index (χ0) is 36.1. The number of ether oxygens (including phenoxy) is 2. The number of esters is 1. The summed E-state index contributed by atoms with van der Waals surface area (Å²) in [6.45, 7) is 21.4. The lowest BCUT2D eigenvalue weighted by atomic mass is 9.61. The van der Waals surface area contributed by atoms with Gasteiger partial charge in [-0.3, -0.25) is 9.59 Å². The Morgan fingerprint density at radius 2 is 1.38 bits per heavy atom. The third kappa shape index (κ3) is 9.66. The molecular formula is C42H58O6. The molecule has 2 saturated carbocycles. The molecule has 1 heterocycles. The normalized spacial score (nSPS) is 32.4. The molecule has 2 aliphatic carbocycles. The van der Waals surface area contributed by atoms with Crippen LogP contribution in [0, 0.1) is 10.8 Å². The van der Waals surface area contributed by atoms with Gasteiger partial charge in [-0.05, 0) is 82.4 Å². The molecule has 3 fully saturated rings. The van der Waals surface area contributed by atoms with Crippen molar-refractivity contribution in [2.45, 2.75) is 137 Å². The van der Waals surface area contributed by atoms with Crippen LogP contribution in [0.15, 0.2) is 100 Å². The summed E-state index contributed by atoms with van der Waals surface area (Å²) in [4.78, 5) is 24.5. The van der Waals surface area contributed by atoms with E-state index in [1.807, 2.05) is 115 Å². The van der Waals surface area contributed by atoms with E-state index in [0.717, 1.165) is 22.3 Å². The van der Waals surface area contributed by atoms with Crippen LogP contribution in [0.4, 0.5) is 0 Å². The number of ketones is 1. The van der Waals surface area contributed by atoms with E-state index in [4.69, 9.17) is 9.47 Å². The molecule has 2 N–H and O–H groups in total. The third-order valence-electron chi connectivity index (χ3n) is 10.1. The Morgan fingerprint density at radius 1 is 0.812 bits per heavy atom. The average molecular weight is 659 g/mol. The predicted octanol–water partition coefficient (Wildman–Crippen LogP) is 8.69. The SMILES string of the molecule is CC(=O)O[C@H]1CC(C)(C)C(=C=C/C(C)=C/C=C/C(C)=C\C=C\C=C(C)\C=C\C=C(/C)C(=O)C[C@@]23O[C@]2(C)C[C@@H](O)CC3(C)C)[C@](C)(O)C1. The molecule has 0 spiro atoms. The highest BCUT2D eigenvalue weighted by atomic mass is 16.6. The fraction of sp³-hybridized carbons (Fsp3) is 0.548. The van der Waals surface area contributed by atoms with E-state index in [1.54, 1.807) is 6.92 Å².